The van der Waals surface area contributed by atoms with Gasteiger partial charge < -0.3 is 19.9 Å². The van der Waals surface area contributed by atoms with Crippen molar-refractivity contribution in [3.63, 3.8) is 0 Å². The molecule has 1 rings (SSSR count). The topological polar surface area (TPSA) is 67.8 Å². The molecule has 0 saturated carbocycles. The molecular formula is C15H23NO4. The zero-order chi connectivity index (χ0) is 14.8. The summed E-state index contributed by atoms with van der Waals surface area (Å²) in [6, 6.07) is 8.07. The van der Waals surface area contributed by atoms with E-state index in [-0.39, 0.29) is 12.5 Å². The summed E-state index contributed by atoms with van der Waals surface area (Å²) in [5.74, 6) is -0.765. The summed E-state index contributed by atoms with van der Waals surface area (Å²) in [5, 5.41) is 12.0. The van der Waals surface area contributed by atoms with Crippen LogP contribution in [-0.4, -0.2) is 37.4 Å². The zero-order valence-corrected chi connectivity index (χ0v) is 12.1. The van der Waals surface area contributed by atoms with E-state index in [9.17, 15) is 4.79 Å². The second-order valence-corrected chi connectivity index (χ2v) is 4.72. The van der Waals surface area contributed by atoms with Crippen molar-refractivity contribution in [3.05, 3.63) is 29.8 Å². The van der Waals surface area contributed by atoms with Crippen molar-refractivity contribution >= 4 is 11.7 Å². The Morgan fingerprint density at radius 2 is 2.20 bits per heavy atom. The molecule has 0 radical (unpaired) electrons. The summed E-state index contributed by atoms with van der Waals surface area (Å²) in [6.07, 6.45) is 0.776. The first kappa shape index (κ1) is 16.5. The number of methoxy groups -OCH3 is 1. The smallest absolute Gasteiger partial charge is 0.303 e. The average molecular weight is 281 g/mol. The third-order valence-corrected chi connectivity index (χ3v) is 2.83. The molecule has 1 atom stereocenters. The Hall–Kier alpha value is -1.59. The highest BCUT2D eigenvalue weighted by Gasteiger charge is 2.05. The van der Waals surface area contributed by atoms with Crippen LogP contribution >= 0.6 is 0 Å². The van der Waals surface area contributed by atoms with E-state index in [1.165, 1.54) is 0 Å². The summed E-state index contributed by atoms with van der Waals surface area (Å²) >= 11 is 0. The molecular weight excluding hydrogens is 258 g/mol. The van der Waals surface area contributed by atoms with Crippen molar-refractivity contribution in [1.29, 1.82) is 0 Å². The van der Waals surface area contributed by atoms with E-state index < -0.39 is 5.97 Å². The predicted octanol–water partition coefficient (Wildman–Crippen LogP) is 2.51. The Bertz CT molecular complexity index is 409. The minimum Gasteiger partial charge on any atom is -0.481 e. The minimum atomic E-state index is -0.765. The number of carboxylic acid groups (broad SMARTS) is 1. The summed E-state index contributed by atoms with van der Waals surface area (Å²) in [7, 11) is 1.65. The minimum absolute atomic E-state index is 0.121. The largest absolute Gasteiger partial charge is 0.481 e. The highest BCUT2D eigenvalue weighted by Crippen LogP contribution is 2.14. The molecule has 0 spiro atoms. The lowest BCUT2D eigenvalue weighted by Crippen LogP contribution is -2.16. The normalized spacial score (nSPS) is 12.1. The molecule has 0 amide bonds. The van der Waals surface area contributed by atoms with E-state index in [1.807, 2.05) is 31.2 Å². The Morgan fingerprint density at radius 1 is 1.40 bits per heavy atom. The lowest BCUT2D eigenvalue weighted by atomic mass is 10.1. The van der Waals surface area contributed by atoms with E-state index in [0.717, 1.165) is 11.3 Å². The lowest BCUT2D eigenvalue weighted by Gasteiger charge is -2.15. The fourth-order valence-corrected chi connectivity index (χ4v) is 1.78. The molecule has 1 unspecified atom stereocenters. The average Bonchev–Trinajstić information content (AvgIpc) is 2.42. The summed E-state index contributed by atoms with van der Waals surface area (Å²) in [4.78, 5) is 10.5. The van der Waals surface area contributed by atoms with Crippen LogP contribution in [0.5, 0.6) is 0 Å². The van der Waals surface area contributed by atoms with Crippen LogP contribution in [0.4, 0.5) is 5.69 Å². The van der Waals surface area contributed by atoms with Gasteiger partial charge in [0.05, 0.1) is 19.8 Å². The molecule has 0 bridgehead atoms. The maximum Gasteiger partial charge on any atom is 0.303 e. The first-order chi connectivity index (χ1) is 9.61. The summed E-state index contributed by atoms with van der Waals surface area (Å²) < 4.78 is 10.4. The van der Waals surface area contributed by atoms with Gasteiger partial charge in [0.1, 0.15) is 0 Å². The van der Waals surface area contributed by atoms with Crippen LogP contribution in [0.1, 0.15) is 25.3 Å². The zero-order valence-electron chi connectivity index (χ0n) is 12.1. The van der Waals surface area contributed by atoms with Crippen molar-refractivity contribution in [1.82, 2.24) is 0 Å². The highest BCUT2D eigenvalue weighted by molar-refractivity contribution is 5.66. The van der Waals surface area contributed by atoms with Gasteiger partial charge in [-0.25, -0.2) is 0 Å². The van der Waals surface area contributed by atoms with Gasteiger partial charge in [-0.3, -0.25) is 4.79 Å². The SMILES string of the molecule is COCCOCc1cccc(NC(C)CCC(=O)O)c1. The van der Waals surface area contributed by atoms with Crippen LogP contribution in [0.2, 0.25) is 0 Å². The second-order valence-electron chi connectivity index (χ2n) is 4.72. The number of benzene rings is 1. The second kappa shape index (κ2) is 9.34. The van der Waals surface area contributed by atoms with Gasteiger partial charge in [-0.2, -0.15) is 0 Å². The van der Waals surface area contributed by atoms with Gasteiger partial charge in [0.25, 0.3) is 0 Å². The molecule has 0 saturated heterocycles. The molecule has 0 fully saturated rings. The van der Waals surface area contributed by atoms with E-state index in [4.69, 9.17) is 14.6 Å². The number of carbonyl (C=O) groups is 1. The molecule has 20 heavy (non-hydrogen) atoms. The van der Waals surface area contributed by atoms with Gasteiger partial charge in [-0.1, -0.05) is 12.1 Å². The summed E-state index contributed by atoms with van der Waals surface area (Å²) in [6.45, 7) is 3.68. The van der Waals surface area contributed by atoms with Crippen molar-refractivity contribution in [2.24, 2.45) is 0 Å². The number of hydrogen-bond donors (Lipinski definition) is 2. The van der Waals surface area contributed by atoms with Crippen LogP contribution in [0.3, 0.4) is 0 Å². The Labute approximate surface area is 119 Å². The van der Waals surface area contributed by atoms with Gasteiger partial charge in [0.15, 0.2) is 0 Å². The van der Waals surface area contributed by atoms with Crippen molar-refractivity contribution in [2.45, 2.75) is 32.4 Å². The first-order valence-electron chi connectivity index (χ1n) is 6.75. The van der Waals surface area contributed by atoms with Crippen molar-refractivity contribution < 1.29 is 19.4 Å². The molecule has 1 aromatic carbocycles. The third-order valence-electron chi connectivity index (χ3n) is 2.83. The Balaban J connectivity index is 2.40. The fourth-order valence-electron chi connectivity index (χ4n) is 1.78. The summed E-state index contributed by atoms with van der Waals surface area (Å²) in [5.41, 5.74) is 2.06. The molecule has 0 aliphatic heterocycles. The number of carboxylic acids is 1. The van der Waals surface area contributed by atoms with Crippen LogP contribution in [0, 0.1) is 0 Å². The third kappa shape index (κ3) is 7.11. The molecule has 0 aromatic heterocycles. The Kier molecular flexibility index (Phi) is 7.69. The highest BCUT2D eigenvalue weighted by atomic mass is 16.5. The van der Waals surface area contributed by atoms with Crippen LogP contribution < -0.4 is 5.32 Å². The number of rotatable bonds is 10. The monoisotopic (exact) mass is 281 g/mol. The first-order valence-corrected chi connectivity index (χ1v) is 6.75. The van der Waals surface area contributed by atoms with Gasteiger partial charge in [0.2, 0.25) is 0 Å². The standard InChI is InChI=1S/C15H23NO4/c1-12(6-7-15(17)18)16-14-5-3-4-13(10-14)11-20-9-8-19-2/h3-5,10,12,16H,6-9,11H2,1-2H3,(H,17,18). The maximum atomic E-state index is 10.5. The molecule has 5 heteroatoms. The van der Waals surface area contributed by atoms with Gasteiger partial charge in [0, 0.05) is 25.3 Å². The molecule has 112 valence electrons. The predicted molar refractivity (Wildman–Crippen MR) is 77.9 cm³/mol. The molecule has 1 aromatic rings. The van der Waals surface area contributed by atoms with Gasteiger partial charge in [-0.05, 0) is 31.0 Å². The van der Waals surface area contributed by atoms with E-state index in [1.54, 1.807) is 7.11 Å². The molecule has 0 heterocycles. The quantitative estimate of drug-likeness (QED) is 0.645. The van der Waals surface area contributed by atoms with E-state index >= 15 is 0 Å². The maximum absolute atomic E-state index is 10.5. The van der Waals surface area contributed by atoms with Crippen molar-refractivity contribution in [2.75, 3.05) is 25.6 Å². The molecule has 5 nitrogen and oxygen atoms in total. The molecule has 0 aliphatic carbocycles. The number of ether oxygens (including phenoxy) is 2. The van der Waals surface area contributed by atoms with Crippen LogP contribution in [0.15, 0.2) is 24.3 Å². The molecule has 0 aliphatic rings. The number of anilines is 1. The molecule has 2 N–H and O–H groups in total. The van der Waals surface area contributed by atoms with Gasteiger partial charge >= 0.3 is 5.97 Å². The number of hydrogen-bond acceptors (Lipinski definition) is 4. The lowest BCUT2D eigenvalue weighted by molar-refractivity contribution is -0.137. The van der Waals surface area contributed by atoms with Crippen molar-refractivity contribution in [3.8, 4) is 0 Å². The number of nitrogens with one attached hydrogen (secondary N) is 1. The van der Waals surface area contributed by atoms with Crippen LogP contribution in [0.25, 0.3) is 0 Å². The van der Waals surface area contributed by atoms with E-state index in [0.29, 0.717) is 26.2 Å². The van der Waals surface area contributed by atoms with Gasteiger partial charge in [-0.15, -0.1) is 0 Å². The number of aliphatic carboxylic acids is 1. The fraction of sp³-hybridized carbons (Fsp3) is 0.533. The van der Waals surface area contributed by atoms with Crippen LogP contribution in [-0.2, 0) is 20.9 Å². The van der Waals surface area contributed by atoms with E-state index in [2.05, 4.69) is 5.32 Å². The Morgan fingerprint density at radius 3 is 2.90 bits per heavy atom.